The molecule has 1 aliphatic carbocycles. The zero-order valence-electron chi connectivity index (χ0n) is 18.0. The average molecular weight is 446 g/mol. The summed E-state index contributed by atoms with van der Waals surface area (Å²) in [6, 6.07) is 8.56. The topological polar surface area (TPSA) is 84.6 Å². The number of carbonyl (C=O) groups excluding carboxylic acids is 1. The molecule has 6 nitrogen and oxygen atoms in total. The summed E-state index contributed by atoms with van der Waals surface area (Å²) in [6.45, 7) is -0.899. The maximum Gasteiger partial charge on any atom is 0.387 e. The molecular weight excluding hydrogens is 418 g/mol. The van der Waals surface area contributed by atoms with Crippen LogP contribution in [0.5, 0.6) is 5.75 Å². The standard InChI is InChI=1S/C24H28F2N2O4/c1-15-20(6-7-22(29)27-15)21-13-18(28-32-21)14-24(30)10-8-17(9-11-24)12-16-2-4-19(5-3-16)31-23(25)26/h2-7,13,15,17,20,23,30H,8-12,14H2,1H3,(H,27,29)/t15-,17?,20?,24?/m0/s1. The first kappa shape index (κ1) is 22.5. The lowest BCUT2D eigenvalue weighted by molar-refractivity contribution is -0.117. The average Bonchev–Trinajstić information content (AvgIpc) is 3.18. The molecule has 1 saturated carbocycles. The lowest BCUT2D eigenvalue weighted by Gasteiger charge is -2.35. The molecule has 1 amide bonds. The number of aliphatic hydroxyl groups is 1. The minimum atomic E-state index is -2.82. The van der Waals surface area contributed by atoms with Gasteiger partial charge in [-0.25, -0.2) is 0 Å². The highest BCUT2D eigenvalue weighted by atomic mass is 19.3. The highest BCUT2D eigenvalue weighted by Gasteiger charge is 2.35. The minimum absolute atomic E-state index is 0.0724. The van der Waals surface area contributed by atoms with Crippen LogP contribution in [0.2, 0.25) is 0 Å². The predicted octanol–water partition coefficient (Wildman–Crippen LogP) is 4.14. The molecule has 0 saturated heterocycles. The van der Waals surface area contributed by atoms with E-state index in [2.05, 4.69) is 15.2 Å². The molecule has 1 fully saturated rings. The van der Waals surface area contributed by atoms with Gasteiger partial charge < -0.3 is 19.7 Å². The maximum atomic E-state index is 12.3. The molecule has 2 heterocycles. The fourth-order valence-corrected chi connectivity index (χ4v) is 4.70. The monoisotopic (exact) mass is 446 g/mol. The minimum Gasteiger partial charge on any atom is -0.435 e. The Morgan fingerprint density at radius 2 is 2.00 bits per heavy atom. The smallest absolute Gasteiger partial charge is 0.387 e. The van der Waals surface area contributed by atoms with Crippen LogP contribution in [0.1, 0.15) is 55.5 Å². The van der Waals surface area contributed by atoms with E-state index in [1.54, 1.807) is 12.1 Å². The van der Waals surface area contributed by atoms with Crippen LogP contribution in [-0.4, -0.2) is 34.4 Å². The molecule has 1 aromatic heterocycles. The van der Waals surface area contributed by atoms with Gasteiger partial charge in [-0.1, -0.05) is 23.4 Å². The summed E-state index contributed by atoms with van der Waals surface area (Å²) >= 11 is 0. The van der Waals surface area contributed by atoms with E-state index in [-0.39, 0.29) is 23.6 Å². The van der Waals surface area contributed by atoms with Crippen molar-refractivity contribution in [2.75, 3.05) is 0 Å². The number of hydrogen-bond donors (Lipinski definition) is 2. The number of aromatic nitrogens is 1. The number of hydrogen-bond acceptors (Lipinski definition) is 5. The number of ether oxygens (including phenoxy) is 1. The largest absolute Gasteiger partial charge is 0.435 e. The molecule has 2 N–H and O–H groups in total. The van der Waals surface area contributed by atoms with Crippen molar-refractivity contribution in [2.24, 2.45) is 5.92 Å². The summed E-state index contributed by atoms with van der Waals surface area (Å²) in [5.74, 6) is 1.09. The van der Waals surface area contributed by atoms with Crippen molar-refractivity contribution in [3.8, 4) is 5.75 Å². The quantitative estimate of drug-likeness (QED) is 0.668. The Balaban J connectivity index is 1.29. The molecule has 0 spiro atoms. The van der Waals surface area contributed by atoms with Crippen molar-refractivity contribution >= 4 is 5.91 Å². The van der Waals surface area contributed by atoms with Gasteiger partial charge in [0, 0.05) is 18.5 Å². The first-order valence-corrected chi connectivity index (χ1v) is 11.0. The molecule has 1 aliphatic heterocycles. The molecule has 0 radical (unpaired) electrons. The third-order valence-corrected chi connectivity index (χ3v) is 6.49. The van der Waals surface area contributed by atoms with Gasteiger partial charge in [0.1, 0.15) is 11.5 Å². The molecule has 8 heteroatoms. The Bertz CT molecular complexity index is 949. The van der Waals surface area contributed by atoms with Crippen LogP contribution in [-0.2, 0) is 17.6 Å². The van der Waals surface area contributed by atoms with Gasteiger partial charge in [0.05, 0.1) is 17.2 Å². The van der Waals surface area contributed by atoms with Crippen molar-refractivity contribution in [3.05, 3.63) is 59.5 Å². The molecular formula is C24H28F2N2O4. The number of rotatable bonds is 7. The number of nitrogens with zero attached hydrogens (tertiary/aromatic N) is 1. The van der Waals surface area contributed by atoms with Crippen LogP contribution < -0.4 is 10.1 Å². The Hall–Kier alpha value is -2.74. The highest BCUT2D eigenvalue weighted by Crippen LogP contribution is 2.36. The Kier molecular flexibility index (Phi) is 6.60. The predicted molar refractivity (Wildman–Crippen MR) is 113 cm³/mol. The van der Waals surface area contributed by atoms with E-state index in [9.17, 15) is 18.7 Å². The summed E-state index contributed by atoms with van der Waals surface area (Å²) in [7, 11) is 0. The summed E-state index contributed by atoms with van der Waals surface area (Å²) in [5, 5.41) is 18.1. The second kappa shape index (κ2) is 9.40. The van der Waals surface area contributed by atoms with Gasteiger partial charge in [0.15, 0.2) is 0 Å². The molecule has 1 aromatic carbocycles. The molecule has 32 heavy (non-hydrogen) atoms. The summed E-state index contributed by atoms with van der Waals surface area (Å²) in [5.41, 5.74) is 0.972. The fraction of sp³-hybridized carbons (Fsp3) is 0.500. The van der Waals surface area contributed by atoms with E-state index in [1.807, 2.05) is 31.2 Å². The van der Waals surface area contributed by atoms with Crippen molar-refractivity contribution in [1.29, 1.82) is 0 Å². The van der Waals surface area contributed by atoms with Crippen LogP contribution in [0.15, 0.2) is 47.0 Å². The van der Waals surface area contributed by atoms with E-state index >= 15 is 0 Å². The Morgan fingerprint density at radius 1 is 1.28 bits per heavy atom. The van der Waals surface area contributed by atoms with Crippen molar-refractivity contribution in [2.45, 2.75) is 69.6 Å². The number of nitrogens with one attached hydrogen (secondary N) is 1. The van der Waals surface area contributed by atoms with Gasteiger partial charge in [-0.2, -0.15) is 8.78 Å². The van der Waals surface area contributed by atoms with Crippen LogP contribution in [0, 0.1) is 5.92 Å². The first-order valence-electron chi connectivity index (χ1n) is 11.0. The molecule has 0 bridgehead atoms. The fourth-order valence-electron chi connectivity index (χ4n) is 4.70. The van der Waals surface area contributed by atoms with E-state index in [4.69, 9.17) is 4.52 Å². The molecule has 2 aromatic rings. The number of alkyl halides is 2. The van der Waals surface area contributed by atoms with E-state index in [0.29, 0.717) is 36.6 Å². The maximum absolute atomic E-state index is 12.3. The van der Waals surface area contributed by atoms with Crippen molar-refractivity contribution < 1.29 is 27.9 Å². The molecule has 2 atom stereocenters. The first-order chi connectivity index (χ1) is 15.3. The Morgan fingerprint density at radius 3 is 2.66 bits per heavy atom. The van der Waals surface area contributed by atoms with Gasteiger partial charge in [-0.3, -0.25) is 4.79 Å². The molecule has 4 rings (SSSR count). The number of amides is 1. The van der Waals surface area contributed by atoms with Crippen LogP contribution in [0.3, 0.4) is 0 Å². The lowest BCUT2D eigenvalue weighted by atomic mass is 9.75. The summed E-state index contributed by atoms with van der Waals surface area (Å²) < 4.78 is 34.5. The van der Waals surface area contributed by atoms with Gasteiger partial charge in [-0.15, -0.1) is 0 Å². The number of halogens is 2. The van der Waals surface area contributed by atoms with Crippen LogP contribution in [0.25, 0.3) is 0 Å². The molecule has 2 aliphatic rings. The zero-order chi connectivity index (χ0) is 22.7. The van der Waals surface area contributed by atoms with Crippen LogP contribution in [0.4, 0.5) is 8.78 Å². The Labute approximate surface area is 185 Å². The molecule has 172 valence electrons. The third-order valence-electron chi connectivity index (χ3n) is 6.49. The summed E-state index contributed by atoms with van der Waals surface area (Å²) in [6.07, 6.45) is 7.69. The number of benzene rings is 1. The highest BCUT2D eigenvalue weighted by molar-refractivity contribution is 5.89. The van der Waals surface area contributed by atoms with Gasteiger partial charge in [0.2, 0.25) is 5.91 Å². The van der Waals surface area contributed by atoms with E-state index in [0.717, 1.165) is 24.8 Å². The molecule has 1 unspecified atom stereocenters. The van der Waals surface area contributed by atoms with Gasteiger partial charge in [0.25, 0.3) is 0 Å². The van der Waals surface area contributed by atoms with Crippen LogP contribution >= 0.6 is 0 Å². The normalized spacial score (nSPS) is 28.0. The third kappa shape index (κ3) is 5.54. The second-order valence-corrected chi connectivity index (χ2v) is 8.97. The van der Waals surface area contributed by atoms with E-state index < -0.39 is 12.2 Å². The van der Waals surface area contributed by atoms with Crippen molar-refractivity contribution in [1.82, 2.24) is 10.5 Å². The van der Waals surface area contributed by atoms with E-state index in [1.165, 1.54) is 6.08 Å². The second-order valence-electron chi connectivity index (χ2n) is 8.97. The van der Waals surface area contributed by atoms with Gasteiger partial charge in [-0.05, 0) is 68.7 Å². The van der Waals surface area contributed by atoms with Crippen molar-refractivity contribution in [3.63, 3.8) is 0 Å². The van der Waals surface area contributed by atoms with Gasteiger partial charge >= 0.3 is 6.61 Å². The summed E-state index contributed by atoms with van der Waals surface area (Å²) in [4.78, 5) is 11.4. The zero-order valence-corrected chi connectivity index (χ0v) is 18.0. The SMILES string of the molecule is C[C@@H]1NC(=O)C=CC1c1cc(CC2(O)CCC(Cc3ccc(OC(F)F)cc3)CC2)no1. The lowest BCUT2D eigenvalue weighted by Crippen LogP contribution is -2.38. The number of carbonyl (C=O) groups is 1.